The summed E-state index contributed by atoms with van der Waals surface area (Å²) in [7, 11) is 0. The first-order valence-corrected chi connectivity index (χ1v) is 6.99. The van der Waals surface area contributed by atoms with E-state index in [4.69, 9.17) is 5.73 Å². The zero-order chi connectivity index (χ0) is 15.2. The van der Waals surface area contributed by atoms with E-state index < -0.39 is 18.8 Å². The van der Waals surface area contributed by atoms with Crippen LogP contribution in [0.1, 0.15) is 37.4 Å². The quantitative estimate of drug-likeness (QED) is 0.831. The summed E-state index contributed by atoms with van der Waals surface area (Å²) in [4.78, 5) is 1.37. The lowest BCUT2D eigenvalue weighted by atomic mass is 10.0. The highest BCUT2D eigenvalue weighted by molar-refractivity contribution is 5.25. The summed E-state index contributed by atoms with van der Waals surface area (Å²) >= 11 is 0. The van der Waals surface area contributed by atoms with Crippen LogP contribution in [0.25, 0.3) is 0 Å². The van der Waals surface area contributed by atoms with Gasteiger partial charge in [0.05, 0.1) is 6.54 Å². The Labute approximate surface area is 118 Å². The molecule has 1 aromatic carbocycles. The Balaban J connectivity index is 2.66. The molecule has 0 aliphatic rings. The van der Waals surface area contributed by atoms with Gasteiger partial charge in [0.2, 0.25) is 0 Å². The van der Waals surface area contributed by atoms with E-state index in [0.717, 1.165) is 12.0 Å². The molecule has 0 saturated carbocycles. The van der Waals surface area contributed by atoms with Crippen LogP contribution in [-0.4, -0.2) is 30.7 Å². The molecule has 1 aromatic rings. The Morgan fingerprint density at radius 3 is 2.20 bits per heavy atom. The minimum absolute atomic E-state index is 0.221. The summed E-state index contributed by atoms with van der Waals surface area (Å²) in [5.74, 6) is 0. The maximum Gasteiger partial charge on any atom is 0.401 e. The summed E-state index contributed by atoms with van der Waals surface area (Å²) in [6, 6.07) is 7.36. The average molecular weight is 288 g/mol. The normalized spacial score (nSPS) is 13.8. The van der Waals surface area contributed by atoms with Crippen molar-refractivity contribution in [2.75, 3.05) is 19.6 Å². The number of aryl methyl sites for hydroxylation is 1. The fourth-order valence-electron chi connectivity index (χ4n) is 2.19. The first kappa shape index (κ1) is 17.0. The Morgan fingerprint density at radius 2 is 1.75 bits per heavy atom. The van der Waals surface area contributed by atoms with Crippen molar-refractivity contribution in [3.8, 4) is 0 Å². The maximum absolute atomic E-state index is 12.5. The summed E-state index contributed by atoms with van der Waals surface area (Å²) < 4.78 is 37.5. The van der Waals surface area contributed by atoms with E-state index in [1.54, 1.807) is 0 Å². The van der Waals surface area contributed by atoms with Crippen molar-refractivity contribution in [3.05, 3.63) is 35.4 Å². The third-order valence-electron chi connectivity index (χ3n) is 3.21. The van der Waals surface area contributed by atoms with Gasteiger partial charge >= 0.3 is 6.18 Å². The van der Waals surface area contributed by atoms with Gasteiger partial charge in [-0.25, -0.2) is 0 Å². The van der Waals surface area contributed by atoms with Crippen LogP contribution in [0, 0.1) is 0 Å². The van der Waals surface area contributed by atoms with E-state index >= 15 is 0 Å². The summed E-state index contributed by atoms with van der Waals surface area (Å²) in [5, 5.41) is 0. The van der Waals surface area contributed by atoms with Gasteiger partial charge in [-0.1, -0.05) is 38.1 Å². The molecule has 20 heavy (non-hydrogen) atoms. The Morgan fingerprint density at radius 1 is 1.15 bits per heavy atom. The molecule has 1 unspecified atom stereocenters. The van der Waals surface area contributed by atoms with Crippen LogP contribution < -0.4 is 5.73 Å². The molecule has 0 spiro atoms. The smallest absolute Gasteiger partial charge is 0.323 e. The highest BCUT2D eigenvalue weighted by Crippen LogP contribution is 2.19. The van der Waals surface area contributed by atoms with Gasteiger partial charge in [0, 0.05) is 12.6 Å². The van der Waals surface area contributed by atoms with Crippen molar-refractivity contribution >= 4 is 0 Å². The molecule has 1 atom stereocenters. The second-order valence-electron chi connectivity index (χ2n) is 5.05. The molecule has 2 N–H and O–H groups in total. The fourth-order valence-corrected chi connectivity index (χ4v) is 2.19. The van der Waals surface area contributed by atoms with Crippen molar-refractivity contribution in [2.45, 2.75) is 38.9 Å². The van der Waals surface area contributed by atoms with Crippen LogP contribution in [0.5, 0.6) is 0 Å². The van der Waals surface area contributed by atoms with Crippen molar-refractivity contribution in [3.63, 3.8) is 0 Å². The van der Waals surface area contributed by atoms with Gasteiger partial charge in [0.25, 0.3) is 0 Å². The second kappa shape index (κ2) is 7.64. The highest BCUT2D eigenvalue weighted by atomic mass is 19.4. The van der Waals surface area contributed by atoms with Crippen LogP contribution in [0.3, 0.4) is 0 Å². The molecule has 114 valence electrons. The van der Waals surface area contributed by atoms with E-state index in [2.05, 4.69) is 6.92 Å². The molecule has 0 amide bonds. The lowest BCUT2D eigenvalue weighted by molar-refractivity contribution is -0.146. The van der Waals surface area contributed by atoms with Gasteiger partial charge in [0.1, 0.15) is 0 Å². The van der Waals surface area contributed by atoms with Gasteiger partial charge in [-0.3, -0.25) is 4.90 Å². The van der Waals surface area contributed by atoms with E-state index in [-0.39, 0.29) is 6.54 Å². The molecule has 5 heteroatoms. The Bertz CT molecular complexity index is 387. The van der Waals surface area contributed by atoms with E-state index in [1.807, 2.05) is 31.2 Å². The van der Waals surface area contributed by atoms with Crippen LogP contribution in [-0.2, 0) is 6.42 Å². The lowest BCUT2D eigenvalue weighted by Gasteiger charge is -2.26. The van der Waals surface area contributed by atoms with Crippen molar-refractivity contribution in [1.82, 2.24) is 4.90 Å². The summed E-state index contributed by atoms with van der Waals surface area (Å²) in [6.07, 6.45) is -2.57. The molecule has 1 rings (SSSR count). The largest absolute Gasteiger partial charge is 0.401 e. The summed E-state index contributed by atoms with van der Waals surface area (Å²) in [5.41, 5.74) is 8.10. The topological polar surface area (TPSA) is 29.3 Å². The number of nitrogens with two attached hydrogens (primary N) is 1. The fraction of sp³-hybridized carbons (Fsp3) is 0.600. The molecule has 0 aliphatic heterocycles. The Hall–Kier alpha value is -1.07. The van der Waals surface area contributed by atoms with Crippen molar-refractivity contribution < 1.29 is 13.2 Å². The number of hydrogen-bond acceptors (Lipinski definition) is 2. The van der Waals surface area contributed by atoms with Gasteiger partial charge in [-0.15, -0.1) is 0 Å². The number of hydrogen-bond donors (Lipinski definition) is 1. The SMILES string of the molecule is CCCN(CC(N)c1ccc(CC)cc1)CC(F)(F)F. The second-order valence-corrected chi connectivity index (χ2v) is 5.05. The van der Waals surface area contributed by atoms with Crippen LogP contribution in [0.4, 0.5) is 13.2 Å². The van der Waals surface area contributed by atoms with Crippen LogP contribution in [0.2, 0.25) is 0 Å². The molecule has 2 nitrogen and oxygen atoms in total. The predicted octanol–water partition coefficient (Wildman–Crippen LogP) is 3.52. The van der Waals surface area contributed by atoms with Crippen molar-refractivity contribution in [1.29, 1.82) is 0 Å². The molecule has 0 saturated heterocycles. The van der Waals surface area contributed by atoms with Gasteiger partial charge in [-0.05, 0) is 30.5 Å². The molecule has 0 bridgehead atoms. The van der Waals surface area contributed by atoms with Gasteiger partial charge in [0.15, 0.2) is 0 Å². The average Bonchev–Trinajstić information content (AvgIpc) is 2.37. The minimum atomic E-state index is -4.18. The Kier molecular flexibility index (Phi) is 6.49. The number of alkyl halides is 3. The zero-order valence-electron chi connectivity index (χ0n) is 12.1. The molecule has 0 aliphatic carbocycles. The number of benzene rings is 1. The first-order chi connectivity index (χ1) is 9.35. The molecule has 0 aromatic heterocycles. The first-order valence-electron chi connectivity index (χ1n) is 6.99. The van der Waals surface area contributed by atoms with Crippen molar-refractivity contribution in [2.24, 2.45) is 5.73 Å². The molecule has 0 radical (unpaired) electrons. The maximum atomic E-state index is 12.5. The molecular formula is C15H23F3N2. The number of rotatable bonds is 7. The summed E-state index contributed by atoms with van der Waals surface area (Å²) in [6.45, 7) is 3.65. The third-order valence-corrected chi connectivity index (χ3v) is 3.21. The number of halogens is 3. The molecular weight excluding hydrogens is 265 g/mol. The van der Waals surface area contributed by atoms with E-state index in [9.17, 15) is 13.2 Å². The van der Waals surface area contributed by atoms with Crippen LogP contribution in [0.15, 0.2) is 24.3 Å². The standard InChI is InChI=1S/C15H23F3N2/c1-3-9-20(11-15(16,17)18)10-14(19)13-7-5-12(4-2)6-8-13/h5-8,14H,3-4,9-11,19H2,1-2H3. The van der Waals surface area contributed by atoms with E-state index in [1.165, 1.54) is 10.5 Å². The molecule has 0 heterocycles. The van der Waals surface area contributed by atoms with Crippen LogP contribution >= 0.6 is 0 Å². The molecule has 0 fully saturated rings. The van der Waals surface area contributed by atoms with E-state index in [0.29, 0.717) is 13.0 Å². The lowest BCUT2D eigenvalue weighted by Crippen LogP contribution is -2.39. The third kappa shape index (κ3) is 5.92. The predicted molar refractivity (Wildman–Crippen MR) is 75.5 cm³/mol. The van der Waals surface area contributed by atoms with Gasteiger partial charge < -0.3 is 5.73 Å². The number of nitrogens with zero attached hydrogens (tertiary/aromatic N) is 1. The highest BCUT2D eigenvalue weighted by Gasteiger charge is 2.31. The monoisotopic (exact) mass is 288 g/mol. The zero-order valence-corrected chi connectivity index (χ0v) is 12.1. The minimum Gasteiger partial charge on any atom is -0.323 e. The van der Waals surface area contributed by atoms with Gasteiger partial charge in [-0.2, -0.15) is 13.2 Å².